The van der Waals surface area contributed by atoms with Crippen LogP contribution in [0.15, 0.2) is 108 Å². The van der Waals surface area contributed by atoms with E-state index in [0.29, 0.717) is 11.4 Å². The van der Waals surface area contributed by atoms with Crippen LogP contribution < -0.4 is 4.18 Å². The van der Waals surface area contributed by atoms with Gasteiger partial charge in [0, 0.05) is 11.6 Å². The lowest BCUT2D eigenvalue weighted by Crippen LogP contribution is -2.12. The van der Waals surface area contributed by atoms with Crippen molar-refractivity contribution in [1.82, 2.24) is 9.78 Å². The molecule has 0 atom stereocenters. The first kappa shape index (κ1) is 20.0. The van der Waals surface area contributed by atoms with Crippen LogP contribution in [0.2, 0.25) is 0 Å². The van der Waals surface area contributed by atoms with E-state index in [9.17, 15) is 12.8 Å². The van der Waals surface area contributed by atoms with Gasteiger partial charge >= 0.3 is 10.1 Å². The van der Waals surface area contributed by atoms with E-state index in [1.807, 2.05) is 54.6 Å². The van der Waals surface area contributed by atoms with Gasteiger partial charge in [-0.15, -0.1) is 0 Å². The number of aromatic nitrogens is 2. The molecule has 1 heterocycles. The molecule has 0 saturated carbocycles. The van der Waals surface area contributed by atoms with Crippen molar-refractivity contribution in [3.8, 4) is 22.8 Å². The van der Waals surface area contributed by atoms with Crippen molar-refractivity contribution in [2.45, 2.75) is 4.90 Å². The quantitative estimate of drug-likeness (QED) is 0.331. The minimum atomic E-state index is -4.15. The minimum absolute atomic E-state index is 0.00335. The third-order valence-electron chi connectivity index (χ3n) is 5.02. The van der Waals surface area contributed by atoms with E-state index in [1.165, 1.54) is 35.0 Å². The number of hydrogen-bond donors (Lipinski definition) is 0. The van der Waals surface area contributed by atoms with E-state index in [4.69, 9.17) is 4.18 Å². The minimum Gasteiger partial charge on any atom is -0.358 e. The topological polar surface area (TPSA) is 61.2 Å². The predicted molar refractivity (Wildman–Crippen MR) is 121 cm³/mol. The van der Waals surface area contributed by atoms with E-state index in [2.05, 4.69) is 5.10 Å². The summed E-state index contributed by atoms with van der Waals surface area (Å²) in [5, 5.41) is 6.22. The Morgan fingerprint density at radius 2 is 1.44 bits per heavy atom. The number of rotatable bonds is 5. The molecule has 4 aromatic carbocycles. The molecule has 0 unspecified atom stereocenters. The second kappa shape index (κ2) is 7.94. The van der Waals surface area contributed by atoms with Gasteiger partial charge in [0.25, 0.3) is 0 Å². The molecule has 0 saturated heterocycles. The van der Waals surface area contributed by atoms with Crippen LogP contribution in [0, 0.1) is 5.82 Å². The Hall–Kier alpha value is -3.97. The molecule has 0 bridgehead atoms. The number of benzene rings is 4. The van der Waals surface area contributed by atoms with Gasteiger partial charge in [-0.25, -0.2) is 4.39 Å². The number of fused-ring (bicyclic) bond motifs is 1. The molecular weight excluding hydrogens is 427 g/mol. The lowest BCUT2D eigenvalue weighted by Gasteiger charge is -2.10. The molecule has 5 rings (SSSR count). The fourth-order valence-electron chi connectivity index (χ4n) is 3.42. The van der Waals surface area contributed by atoms with Crippen molar-refractivity contribution in [3.05, 3.63) is 109 Å². The summed E-state index contributed by atoms with van der Waals surface area (Å²) < 4.78 is 46.5. The van der Waals surface area contributed by atoms with Crippen molar-refractivity contribution < 1.29 is 17.0 Å². The van der Waals surface area contributed by atoms with E-state index in [-0.39, 0.29) is 10.8 Å². The van der Waals surface area contributed by atoms with Crippen LogP contribution in [0.4, 0.5) is 4.39 Å². The van der Waals surface area contributed by atoms with Gasteiger partial charge in [0.2, 0.25) is 5.88 Å². The summed E-state index contributed by atoms with van der Waals surface area (Å²) in [6, 6.07) is 28.7. The van der Waals surface area contributed by atoms with Crippen LogP contribution in [-0.4, -0.2) is 18.2 Å². The maximum absolute atomic E-state index is 13.4. The zero-order chi connectivity index (χ0) is 22.1. The van der Waals surface area contributed by atoms with Crippen LogP contribution in [0.1, 0.15) is 0 Å². The molecule has 5 nitrogen and oxygen atoms in total. The first-order chi connectivity index (χ1) is 15.5. The maximum atomic E-state index is 13.4. The molecule has 5 aromatic rings. The molecule has 0 amide bonds. The molecule has 0 aliphatic heterocycles. The monoisotopic (exact) mass is 444 g/mol. The highest BCUT2D eigenvalue weighted by Gasteiger charge is 2.22. The van der Waals surface area contributed by atoms with Crippen LogP contribution in [-0.2, 0) is 10.1 Å². The smallest absolute Gasteiger partial charge is 0.340 e. The van der Waals surface area contributed by atoms with Gasteiger partial charge in [-0.05, 0) is 47.2 Å². The van der Waals surface area contributed by atoms with E-state index in [1.54, 1.807) is 18.2 Å². The highest BCUT2D eigenvalue weighted by atomic mass is 32.2. The fraction of sp³-hybridized carbons (Fsp3) is 0. The van der Waals surface area contributed by atoms with Gasteiger partial charge in [-0.2, -0.15) is 18.2 Å². The average molecular weight is 444 g/mol. The Morgan fingerprint density at radius 3 is 2.19 bits per heavy atom. The van der Waals surface area contributed by atoms with Crippen LogP contribution >= 0.6 is 0 Å². The van der Waals surface area contributed by atoms with E-state index in [0.717, 1.165) is 16.3 Å². The molecule has 1 aromatic heterocycles. The zero-order valence-corrected chi connectivity index (χ0v) is 17.5. The first-order valence-electron chi connectivity index (χ1n) is 9.84. The SMILES string of the molecule is O=S(=O)(Oc1cc(-c2ccccc2)nn1-c1ccc(F)cc1)c1ccc2ccccc2c1. The van der Waals surface area contributed by atoms with Crippen molar-refractivity contribution in [2.24, 2.45) is 0 Å². The lowest BCUT2D eigenvalue weighted by atomic mass is 10.1. The Kier molecular flexibility index (Phi) is 4.95. The maximum Gasteiger partial charge on any atom is 0.340 e. The lowest BCUT2D eigenvalue weighted by molar-refractivity contribution is 0.465. The third kappa shape index (κ3) is 3.86. The fourth-order valence-corrected chi connectivity index (χ4v) is 4.37. The number of halogens is 1. The van der Waals surface area contributed by atoms with Crippen molar-refractivity contribution in [2.75, 3.05) is 0 Å². The molecule has 7 heteroatoms. The molecule has 0 aliphatic rings. The Morgan fingerprint density at radius 1 is 0.750 bits per heavy atom. The molecular formula is C25H17FN2O3S. The second-order valence-corrected chi connectivity index (χ2v) is 8.71. The molecule has 0 N–H and O–H groups in total. The van der Waals surface area contributed by atoms with Gasteiger partial charge < -0.3 is 4.18 Å². The summed E-state index contributed by atoms with van der Waals surface area (Å²) in [5.74, 6) is -0.404. The van der Waals surface area contributed by atoms with Gasteiger partial charge in [0.15, 0.2) is 0 Å². The zero-order valence-electron chi connectivity index (χ0n) is 16.7. The normalized spacial score (nSPS) is 11.5. The standard InChI is InChI=1S/C25H17FN2O3S/c26-21-11-13-22(14-12-21)28-25(17-24(27-28)19-7-2-1-3-8-19)31-32(29,30)23-15-10-18-6-4-5-9-20(18)16-23/h1-17H. The van der Waals surface area contributed by atoms with Gasteiger partial charge in [-0.3, -0.25) is 0 Å². The van der Waals surface area contributed by atoms with Crippen molar-refractivity contribution >= 4 is 20.9 Å². The van der Waals surface area contributed by atoms with E-state index < -0.39 is 15.9 Å². The van der Waals surface area contributed by atoms with Gasteiger partial charge in [0.1, 0.15) is 10.7 Å². The second-order valence-electron chi connectivity index (χ2n) is 7.17. The largest absolute Gasteiger partial charge is 0.358 e. The molecule has 0 fully saturated rings. The third-order valence-corrected chi connectivity index (χ3v) is 6.24. The predicted octanol–water partition coefficient (Wildman–Crippen LogP) is 5.60. The van der Waals surface area contributed by atoms with Crippen LogP contribution in [0.25, 0.3) is 27.7 Å². The highest BCUT2D eigenvalue weighted by molar-refractivity contribution is 7.87. The van der Waals surface area contributed by atoms with Crippen molar-refractivity contribution in [3.63, 3.8) is 0 Å². The Balaban J connectivity index is 1.59. The summed E-state index contributed by atoms with van der Waals surface area (Å²) >= 11 is 0. The Bertz CT molecular complexity index is 1510. The summed E-state index contributed by atoms with van der Waals surface area (Å²) in [7, 11) is -4.15. The summed E-state index contributed by atoms with van der Waals surface area (Å²) in [5.41, 5.74) is 1.79. The summed E-state index contributed by atoms with van der Waals surface area (Å²) in [6.07, 6.45) is 0. The average Bonchev–Trinajstić information content (AvgIpc) is 3.23. The van der Waals surface area contributed by atoms with Crippen molar-refractivity contribution in [1.29, 1.82) is 0 Å². The van der Waals surface area contributed by atoms with Gasteiger partial charge in [0.05, 0.1) is 11.4 Å². The van der Waals surface area contributed by atoms with Gasteiger partial charge in [-0.1, -0.05) is 60.7 Å². The highest BCUT2D eigenvalue weighted by Crippen LogP contribution is 2.29. The number of hydrogen-bond acceptors (Lipinski definition) is 4. The van der Waals surface area contributed by atoms with Crippen LogP contribution in [0.5, 0.6) is 5.88 Å². The summed E-state index contributed by atoms with van der Waals surface area (Å²) in [4.78, 5) is 0.0318. The molecule has 0 spiro atoms. The molecule has 158 valence electrons. The Labute approximate surface area is 184 Å². The summed E-state index contributed by atoms with van der Waals surface area (Å²) in [6.45, 7) is 0. The molecule has 0 aliphatic carbocycles. The molecule has 32 heavy (non-hydrogen) atoms. The number of nitrogens with zero attached hydrogens (tertiary/aromatic N) is 2. The molecule has 0 radical (unpaired) electrons. The van der Waals surface area contributed by atoms with Crippen LogP contribution in [0.3, 0.4) is 0 Å². The van der Waals surface area contributed by atoms with E-state index >= 15 is 0 Å². The first-order valence-corrected chi connectivity index (χ1v) is 11.3.